The third-order valence-electron chi connectivity index (χ3n) is 1.69. The van der Waals surface area contributed by atoms with Gasteiger partial charge in [0, 0.05) is 25.4 Å². The Bertz CT molecular complexity index is 362. The Hall–Kier alpha value is -1.85. The van der Waals surface area contributed by atoms with Gasteiger partial charge in [-0.25, -0.2) is 0 Å². The van der Waals surface area contributed by atoms with Crippen molar-refractivity contribution in [1.29, 1.82) is 0 Å². The number of nitrogens with zero attached hydrogens (tertiary/aromatic N) is 4. The maximum absolute atomic E-state index is 5.35. The van der Waals surface area contributed by atoms with E-state index in [1.54, 1.807) is 6.20 Å². The SMILES string of the molecule is Nc1n[nH]c(CCn2cccn2)n1. The quantitative estimate of drug-likeness (QED) is 0.683. The normalized spacial score (nSPS) is 10.5. The molecule has 0 spiro atoms. The second-order valence-electron chi connectivity index (χ2n) is 2.66. The van der Waals surface area contributed by atoms with Gasteiger partial charge in [0.05, 0.1) is 0 Å². The minimum Gasteiger partial charge on any atom is -0.367 e. The van der Waals surface area contributed by atoms with E-state index in [9.17, 15) is 0 Å². The molecule has 0 saturated heterocycles. The zero-order chi connectivity index (χ0) is 9.10. The fourth-order valence-electron chi connectivity index (χ4n) is 1.08. The molecule has 0 fully saturated rings. The zero-order valence-corrected chi connectivity index (χ0v) is 7.01. The van der Waals surface area contributed by atoms with Gasteiger partial charge in [0.1, 0.15) is 5.82 Å². The van der Waals surface area contributed by atoms with Crippen LogP contribution in [-0.2, 0) is 13.0 Å². The number of rotatable bonds is 3. The van der Waals surface area contributed by atoms with Crippen LogP contribution in [0.2, 0.25) is 0 Å². The summed E-state index contributed by atoms with van der Waals surface area (Å²) in [4.78, 5) is 3.98. The fraction of sp³-hybridized carbons (Fsp3) is 0.286. The van der Waals surface area contributed by atoms with E-state index in [1.807, 2.05) is 16.9 Å². The number of aromatic nitrogens is 5. The molecule has 0 aliphatic rings. The van der Waals surface area contributed by atoms with E-state index in [0.29, 0.717) is 0 Å². The minimum atomic E-state index is 0.287. The van der Waals surface area contributed by atoms with Crippen LogP contribution in [-0.4, -0.2) is 25.0 Å². The highest BCUT2D eigenvalue weighted by molar-refractivity contribution is 5.12. The van der Waals surface area contributed by atoms with E-state index in [-0.39, 0.29) is 5.95 Å². The summed E-state index contributed by atoms with van der Waals surface area (Å²) < 4.78 is 1.83. The number of hydrogen-bond donors (Lipinski definition) is 2. The minimum absolute atomic E-state index is 0.287. The average molecular weight is 178 g/mol. The molecule has 2 rings (SSSR count). The molecule has 2 heterocycles. The molecule has 0 saturated carbocycles. The molecule has 2 aromatic heterocycles. The lowest BCUT2D eigenvalue weighted by molar-refractivity contribution is 0.601. The zero-order valence-electron chi connectivity index (χ0n) is 7.01. The van der Waals surface area contributed by atoms with Crippen LogP contribution in [0.1, 0.15) is 5.82 Å². The van der Waals surface area contributed by atoms with Crippen molar-refractivity contribution in [2.75, 3.05) is 5.73 Å². The van der Waals surface area contributed by atoms with Crippen LogP contribution in [0, 0.1) is 0 Å². The predicted octanol–water partition coefficient (Wildman–Crippen LogP) is -0.174. The first-order valence-corrected chi connectivity index (χ1v) is 3.99. The van der Waals surface area contributed by atoms with Gasteiger partial charge in [-0.2, -0.15) is 10.1 Å². The van der Waals surface area contributed by atoms with Gasteiger partial charge in [-0.1, -0.05) is 0 Å². The maximum atomic E-state index is 5.35. The lowest BCUT2D eigenvalue weighted by Crippen LogP contribution is -2.02. The van der Waals surface area contributed by atoms with Crippen LogP contribution >= 0.6 is 0 Å². The monoisotopic (exact) mass is 178 g/mol. The van der Waals surface area contributed by atoms with Crippen molar-refractivity contribution in [3.05, 3.63) is 24.3 Å². The van der Waals surface area contributed by atoms with Crippen molar-refractivity contribution in [2.45, 2.75) is 13.0 Å². The Labute approximate surface area is 74.8 Å². The fourth-order valence-corrected chi connectivity index (χ4v) is 1.08. The molecule has 6 heteroatoms. The highest BCUT2D eigenvalue weighted by Crippen LogP contribution is 1.96. The van der Waals surface area contributed by atoms with Gasteiger partial charge in [0.25, 0.3) is 0 Å². The molecule has 0 aliphatic carbocycles. The van der Waals surface area contributed by atoms with Gasteiger partial charge in [-0.15, -0.1) is 5.10 Å². The van der Waals surface area contributed by atoms with Crippen molar-refractivity contribution in [1.82, 2.24) is 25.0 Å². The standard InChI is InChI=1S/C7H10N6/c8-7-10-6(11-12-7)2-5-13-4-1-3-9-13/h1,3-4H,2,5H2,(H3,8,10,11,12). The first-order valence-electron chi connectivity index (χ1n) is 3.99. The number of nitrogens with one attached hydrogen (secondary N) is 1. The summed E-state index contributed by atoms with van der Waals surface area (Å²) in [7, 11) is 0. The van der Waals surface area contributed by atoms with E-state index in [4.69, 9.17) is 5.73 Å². The van der Waals surface area contributed by atoms with Crippen molar-refractivity contribution in [2.24, 2.45) is 0 Å². The first kappa shape index (κ1) is 7.78. The van der Waals surface area contributed by atoms with Crippen LogP contribution in [0.15, 0.2) is 18.5 Å². The Balaban J connectivity index is 1.93. The summed E-state index contributed by atoms with van der Waals surface area (Å²) in [5.74, 6) is 1.07. The summed E-state index contributed by atoms with van der Waals surface area (Å²) in [6, 6.07) is 1.88. The summed E-state index contributed by atoms with van der Waals surface area (Å²) in [6.07, 6.45) is 4.40. The number of H-pyrrole nitrogens is 1. The lowest BCUT2D eigenvalue weighted by atomic mass is 10.4. The summed E-state index contributed by atoms with van der Waals surface area (Å²) >= 11 is 0. The van der Waals surface area contributed by atoms with Crippen LogP contribution < -0.4 is 5.73 Å². The smallest absolute Gasteiger partial charge is 0.239 e. The second kappa shape index (κ2) is 3.26. The average Bonchev–Trinajstić information content (AvgIpc) is 2.71. The van der Waals surface area contributed by atoms with E-state index in [1.165, 1.54) is 0 Å². The molecule has 2 aromatic rings. The molecule has 13 heavy (non-hydrogen) atoms. The molecular weight excluding hydrogens is 168 g/mol. The van der Waals surface area contributed by atoms with Gasteiger partial charge in [-0.3, -0.25) is 9.78 Å². The number of anilines is 1. The molecule has 0 radical (unpaired) electrons. The van der Waals surface area contributed by atoms with Gasteiger partial charge in [0.15, 0.2) is 0 Å². The topological polar surface area (TPSA) is 85.4 Å². The number of hydrogen-bond acceptors (Lipinski definition) is 4. The van der Waals surface area contributed by atoms with Crippen molar-refractivity contribution < 1.29 is 0 Å². The molecule has 0 amide bonds. The molecule has 0 bridgehead atoms. The molecular formula is C7H10N6. The highest BCUT2D eigenvalue weighted by Gasteiger charge is 1.99. The summed E-state index contributed by atoms with van der Waals surface area (Å²) in [5.41, 5.74) is 5.35. The van der Waals surface area contributed by atoms with Crippen LogP contribution in [0.3, 0.4) is 0 Å². The van der Waals surface area contributed by atoms with Crippen molar-refractivity contribution >= 4 is 5.95 Å². The molecule has 3 N–H and O–H groups in total. The summed E-state index contributed by atoms with van der Waals surface area (Å²) in [5, 5.41) is 10.5. The molecule has 68 valence electrons. The van der Waals surface area contributed by atoms with Crippen molar-refractivity contribution in [3.8, 4) is 0 Å². The Kier molecular flexibility index (Phi) is 1.95. The summed E-state index contributed by atoms with van der Waals surface area (Å²) in [6.45, 7) is 0.779. The molecule has 0 aliphatic heterocycles. The Morgan fingerprint density at radius 3 is 3.08 bits per heavy atom. The first-order chi connectivity index (χ1) is 6.34. The van der Waals surface area contributed by atoms with E-state index in [2.05, 4.69) is 20.3 Å². The Morgan fingerprint density at radius 2 is 2.46 bits per heavy atom. The predicted molar refractivity (Wildman–Crippen MR) is 46.7 cm³/mol. The number of nitrogens with two attached hydrogens (primary N) is 1. The van der Waals surface area contributed by atoms with Gasteiger partial charge in [-0.05, 0) is 6.07 Å². The molecule has 6 nitrogen and oxygen atoms in total. The number of aromatic amines is 1. The van der Waals surface area contributed by atoms with Crippen LogP contribution in [0.25, 0.3) is 0 Å². The maximum Gasteiger partial charge on any atom is 0.239 e. The van der Waals surface area contributed by atoms with Crippen LogP contribution in [0.5, 0.6) is 0 Å². The van der Waals surface area contributed by atoms with E-state index < -0.39 is 0 Å². The van der Waals surface area contributed by atoms with Crippen molar-refractivity contribution in [3.63, 3.8) is 0 Å². The van der Waals surface area contributed by atoms with E-state index >= 15 is 0 Å². The Morgan fingerprint density at radius 1 is 1.54 bits per heavy atom. The third-order valence-corrected chi connectivity index (χ3v) is 1.69. The highest BCUT2D eigenvalue weighted by atomic mass is 15.3. The van der Waals surface area contributed by atoms with Gasteiger partial charge >= 0.3 is 0 Å². The van der Waals surface area contributed by atoms with Gasteiger partial charge in [0.2, 0.25) is 5.95 Å². The lowest BCUT2D eigenvalue weighted by Gasteiger charge is -1.96. The van der Waals surface area contributed by atoms with Gasteiger partial charge < -0.3 is 5.73 Å². The second-order valence-corrected chi connectivity index (χ2v) is 2.66. The molecule has 0 unspecified atom stereocenters. The third kappa shape index (κ3) is 1.84. The van der Waals surface area contributed by atoms with Crippen LogP contribution in [0.4, 0.5) is 5.95 Å². The molecule has 0 aromatic carbocycles. The molecule has 0 atom stereocenters. The van der Waals surface area contributed by atoms with E-state index in [0.717, 1.165) is 18.8 Å². The number of nitrogen functional groups attached to an aromatic ring is 1. The largest absolute Gasteiger partial charge is 0.367 e. The number of aryl methyl sites for hydroxylation is 2.